The van der Waals surface area contributed by atoms with Crippen LogP contribution in [0.2, 0.25) is 16.6 Å². The lowest BCUT2D eigenvalue weighted by atomic mass is 10.1. The van der Waals surface area contributed by atoms with E-state index in [4.69, 9.17) is 0 Å². The van der Waals surface area contributed by atoms with Gasteiger partial charge >= 0.3 is 0 Å². The van der Waals surface area contributed by atoms with Crippen molar-refractivity contribution in [1.82, 2.24) is 0 Å². The van der Waals surface area contributed by atoms with Crippen LogP contribution in [0.3, 0.4) is 0 Å². The van der Waals surface area contributed by atoms with Crippen LogP contribution in [0.4, 0.5) is 0 Å². The van der Waals surface area contributed by atoms with Gasteiger partial charge in [0.2, 0.25) is 5.78 Å². The van der Waals surface area contributed by atoms with Crippen molar-refractivity contribution in [3.05, 3.63) is 35.4 Å². The van der Waals surface area contributed by atoms with E-state index in [-0.39, 0.29) is 5.78 Å². The molecule has 1 rings (SSSR count). The summed E-state index contributed by atoms with van der Waals surface area (Å²) in [5.74, 6) is 3.05. The van der Waals surface area contributed by atoms with Gasteiger partial charge in [-0.3, -0.25) is 4.79 Å². The van der Waals surface area contributed by atoms with Gasteiger partial charge in [-0.25, -0.2) is 0 Å². The molecule has 0 fully saturated rings. The van der Waals surface area contributed by atoms with E-state index in [9.17, 15) is 4.79 Å². The summed E-state index contributed by atoms with van der Waals surface area (Å²) in [5.41, 5.74) is 7.44. The van der Waals surface area contributed by atoms with E-state index in [0.29, 0.717) is 23.0 Å². The highest BCUT2D eigenvalue weighted by Gasteiger charge is 2.41. The van der Waals surface area contributed by atoms with Crippen molar-refractivity contribution < 1.29 is 4.79 Å². The second-order valence-electron chi connectivity index (χ2n) is 7.24. The van der Waals surface area contributed by atoms with Crippen molar-refractivity contribution in [2.75, 3.05) is 0 Å². The van der Waals surface area contributed by atoms with E-state index in [1.54, 1.807) is 0 Å². The smallest absolute Gasteiger partial charge is 0.209 e. The molecular formula is C20H30OSi. The van der Waals surface area contributed by atoms with Crippen LogP contribution in [0.15, 0.2) is 24.3 Å². The van der Waals surface area contributed by atoms with Crippen LogP contribution >= 0.6 is 0 Å². The first-order valence-electron chi connectivity index (χ1n) is 8.31. The molecule has 0 bridgehead atoms. The summed E-state index contributed by atoms with van der Waals surface area (Å²) in [5, 5.41) is 0. The Kier molecular flexibility index (Phi) is 6.62. The third-order valence-electron chi connectivity index (χ3n) is 4.73. The molecular weight excluding hydrogens is 284 g/mol. The third kappa shape index (κ3) is 4.33. The lowest BCUT2D eigenvalue weighted by molar-refractivity contribution is -0.113. The Morgan fingerprint density at radius 2 is 1.59 bits per heavy atom. The quantitative estimate of drug-likeness (QED) is 0.530. The van der Waals surface area contributed by atoms with Gasteiger partial charge in [-0.1, -0.05) is 71.4 Å². The highest BCUT2D eigenvalue weighted by molar-refractivity contribution is 6.90. The lowest BCUT2D eigenvalue weighted by Gasteiger charge is -2.37. The SMILES string of the molecule is Cc1cccc(CC(=O)C#C[Si](C(C)C)(C(C)C)C(C)C)c1. The second kappa shape index (κ2) is 7.79. The van der Waals surface area contributed by atoms with Crippen molar-refractivity contribution >= 4 is 13.9 Å². The minimum absolute atomic E-state index is 0.0458. The Morgan fingerprint density at radius 3 is 2.05 bits per heavy atom. The van der Waals surface area contributed by atoms with Crippen LogP contribution in [-0.2, 0) is 11.2 Å². The standard InChI is InChI=1S/C20H30OSi/c1-15(2)22(16(3)4,17(5)6)12-11-20(21)14-19-10-8-9-18(7)13-19/h8-10,13,15-17H,14H2,1-7H3. The van der Waals surface area contributed by atoms with E-state index < -0.39 is 8.07 Å². The molecule has 0 saturated carbocycles. The molecule has 0 heterocycles. The molecule has 0 unspecified atom stereocenters. The summed E-state index contributed by atoms with van der Waals surface area (Å²) in [4.78, 5) is 12.3. The Balaban J connectivity index is 3.00. The molecule has 22 heavy (non-hydrogen) atoms. The average Bonchev–Trinajstić information content (AvgIpc) is 2.37. The van der Waals surface area contributed by atoms with Gasteiger partial charge in [-0.2, -0.15) is 0 Å². The minimum atomic E-state index is -1.80. The largest absolute Gasteiger partial charge is 0.285 e. The van der Waals surface area contributed by atoms with E-state index >= 15 is 0 Å². The predicted octanol–water partition coefficient (Wildman–Crippen LogP) is 5.33. The van der Waals surface area contributed by atoms with E-state index in [1.165, 1.54) is 5.56 Å². The van der Waals surface area contributed by atoms with Gasteiger partial charge in [-0.15, -0.1) is 5.54 Å². The Bertz CT molecular complexity index is 551. The van der Waals surface area contributed by atoms with Crippen molar-refractivity contribution in [2.45, 2.75) is 71.5 Å². The van der Waals surface area contributed by atoms with Crippen LogP contribution in [0, 0.1) is 18.4 Å². The maximum atomic E-state index is 12.3. The molecule has 0 aliphatic rings. The number of hydrogen-bond donors (Lipinski definition) is 0. The molecule has 1 nitrogen and oxygen atoms in total. The number of hydrogen-bond acceptors (Lipinski definition) is 1. The molecule has 0 saturated heterocycles. The first-order valence-corrected chi connectivity index (χ1v) is 10.5. The monoisotopic (exact) mass is 314 g/mol. The van der Waals surface area contributed by atoms with Gasteiger partial charge in [0, 0.05) is 6.42 Å². The fourth-order valence-electron chi connectivity index (χ4n) is 3.66. The molecule has 0 N–H and O–H groups in total. The average molecular weight is 315 g/mol. The Hall–Kier alpha value is -1.33. The van der Waals surface area contributed by atoms with Gasteiger partial charge in [0.15, 0.2) is 0 Å². The fraction of sp³-hybridized carbons (Fsp3) is 0.550. The van der Waals surface area contributed by atoms with Gasteiger partial charge in [0.1, 0.15) is 8.07 Å². The Labute approximate surface area is 137 Å². The molecule has 0 atom stereocenters. The molecule has 0 spiro atoms. The first kappa shape index (κ1) is 18.7. The zero-order valence-electron chi connectivity index (χ0n) is 15.2. The number of benzene rings is 1. The van der Waals surface area contributed by atoms with Gasteiger partial charge < -0.3 is 0 Å². The number of carbonyl (C=O) groups is 1. The van der Waals surface area contributed by atoms with Gasteiger partial charge in [0.25, 0.3) is 0 Å². The molecule has 1 aromatic rings. The molecule has 0 radical (unpaired) electrons. The zero-order valence-corrected chi connectivity index (χ0v) is 16.2. The highest BCUT2D eigenvalue weighted by atomic mass is 28.3. The summed E-state index contributed by atoms with van der Waals surface area (Å²) >= 11 is 0. The van der Waals surface area contributed by atoms with Crippen LogP contribution in [-0.4, -0.2) is 13.9 Å². The second-order valence-corrected chi connectivity index (χ2v) is 12.8. The number of ketones is 1. The lowest BCUT2D eigenvalue weighted by Crippen LogP contribution is -2.43. The normalized spacial score (nSPS) is 11.7. The molecule has 0 aliphatic heterocycles. The van der Waals surface area contributed by atoms with E-state index in [0.717, 1.165) is 5.56 Å². The summed E-state index contributed by atoms with van der Waals surface area (Å²) in [6.07, 6.45) is 0.424. The van der Waals surface area contributed by atoms with Crippen LogP contribution in [0.5, 0.6) is 0 Å². The van der Waals surface area contributed by atoms with E-state index in [1.807, 2.05) is 25.1 Å². The van der Waals surface area contributed by atoms with Crippen molar-refractivity contribution in [2.24, 2.45) is 0 Å². The van der Waals surface area contributed by atoms with Crippen LogP contribution < -0.4 is 0 Å². The number of rotatable bonds is 5. The molecule has 2 heteroatoms. The summed E-state index contributed by atoms with van der Waals surface area (Å²) in [6.45, 7) is 15.7. The van der Waals surface area contributed by atoms with Gasteiger partial charge in [-0.05, 0) is 35.0 Å². The Morgan fingerprint density at radius 1 is 1.05 bits per heavy atom. The summed E-state index contributed by atoms with van der Waals surface area (Å²) in [6, 6.07) is 8.12. The van der Waals surface area contributed by atoms with Crippen LogP contribution in [0.1, 0.15) is 52.7 Å². The molecule has 1 aromatic carbocycles. The molecule has 120 valence electrons. The summed E-state index contributed by atoms with van der Waals surface area (Å²) in [7, 11) is -1.80. The zero-order chi connectivity index (χ0) is 16.9. The number of aryl methyl sites for hydroxylation is 1. The molecule has 0 amide bonds. The minimum Gasteiger partial charge on any atom is -0.285 e. The van der Waals surface area contributed by atoms with Crippen LogP contribution in [0.25, 0.3) is 0 Å². The van der Waals surface area contributed by atoms with Gasteiger partial charge in [0.05, 0.1) is 0 Å². The highest BCUT2D eigenvalue weighted by Crippen LogP contribution is 2.40. The first-order chi connectivity index (χ1) is 10.2. The van der Waals surface area contributed by atoms with Crippen molar-refractivity contribution in [1.29, 1.82) is 0 Å². The molecule has 0 aliphatic carbocycles. The number of Topliss-reactive ketones (excluding diaryl/α,β-unsaturated/α-hetero) is 1. The maximum Gasteiger partial charge on any atom is 0.209 e. The number of carbonyl (C=O) groups excluding carboxylic acids is 1. The fourth-order valence-corrected chi connectivity index (χ4v) is 8.88. The topological polar surface area (TPSA) is 17.1 Å². The third-order valence-corrected chi connectivity index (χ3v) is 11.0. The maximum absolute atomic E-state index is 12.3. The summed E-state index contributed by atoms with van der Waals surface area (Å²) < 4.78 is 0. The van der Waals surface area contributed by atoms with Crippen molar-refractivity contribution in [3.63, 3.8) is 0 Å². The van der Waals surface area contributed by atoms with E-state index in [2.05, 4.69) is 59.1 Å². The predicted molar refractivity (Wildman–Crippen MR) is 98.7 cm³/mol. The molecule has 0 aromatic heterocycles. The van der Waals surface area contributed by atoms with Crippen molar-refractivity contribution in [3.8, 4) is 11.5 Å².